The van der Waals surface area contributed by atoms with E-state index in [-0.39, 0.29) is 6.29 Å². The lowest BCUT2D eigenvalue weighted by Crippen LogP contribution is -2.23. The van der Waals surface area contributed by atoms with Crippen LogP contribution in [0.1, 0.15) is 13.8 Å². The summed E-state index contributed by atoms with van der Waals surface area (Å²) in [6.45, 7) is 5.94. The second kappa shape index (κ2) is 5.72. The monoisotopic (exact) mass is 184 g/mol. The van der Waals surface area contributed by atoms with Crippen LogP contribution in [0.2, 0.25) is 0 Å². The number of aromatic nitrogens is 2. The third-order valence-corrected chi connectivity index (χ3v) is 1.62. The van der Waals surface area contributed by atoms with Gasteiger partial charge in [0.1, 0.15) is 0 Å². The van der Waals surface area contributed by atoms with E-state index in [1.54, 1.807) is 12.5 Å². The van der Waals surface area contributed by atoms with Gasteiger partial charge in [-0.3, -0.25) is 0 Å². The molecule has 13 heavy (non-hydrogen) atoms. The Morgan fingerprint density at radius 1 is 1.31 bits per heavy atom. The van der Waals surface area contributed by atoms with Gasteiger partial charge in [0.25, 0.3) is 0 Å². The molecule has 0 bridgehead atoms. The zero-order valence-electron chi connectivity index (χ0n) is 8.14. The van der Waals surface area contributed by atoms with Crippen LogP contribution in [-0.2, 0) is 16.0 Å². The van der Waals surface area contributed by atoms with E-state index in [0.717, 1.165) is 0 Å². The van der Waals surface area contributed by atoms with Crippen LogP contribution in [0, 0.1) is 0 Å². The summed E-state index contributed by atoms with van der Waals surface area (Å²) in [5.41, 5.74) is 0. The number of imidazole rings is 1. The molecular formula is C9H16N2O2. The summed E-state index contributed by atoms with van der Waals surface area (Å²) in [6.07, 6.45) is 5.23. The molecule has 1 heterocycles. The van der Waals surface area contributed by atoms with Crippen LogP contribution in [0.25, 0.3) is 0 Å². The minimum atomic E-state index is -0.163. The van der Waals surface area contributed by atoms with Crippen LogP contribution in [0.15, 0.2) is 18.7 Å². The van der Waals surface area contributed by atoms with Crippen LogP contribution in [0.5, 0.6) is 0 Å². The summed E-state index contributed by atoms with van der Waals surface area (Å²) in [6, 6.07) is 0. The van der Waals surface area contributed by atoms with Crippen molar-refractivity contribution in [1.29, 1.82) is 0 Å². The molecule has 0 radical (unpaired) electrons. The molecule has 0 spiro atoms. The van der Waals surface area contributed by atoms with E-state index in [4.69, 9.17) is 9.47 Å². The number of rotatable bonds is 6. The lowest BCUT2D eigenvalue weighted by molar-refractivity contribution is -0.143. The minimum Gasteiger partial charge on any atom is -0.351 e. The van der Waals surface area contributed by atoms with E-state index in [1.807, 2.05) is 24.6 Å². The summed E-state index contributed by atoms with van der Waals surface area (Å²) in [5.74, 6) is 0. The summed E-state index contributed by atoms with van der Waals surface area (Å²) < 4.78 is 12.7. The first-order valence-corrected chi connectivity index (χ1v) is 4.55. The van der Waals surface area contributed by atoms with Gasteiger partial charge in [-0.25, -0.2) is 4.98 Å². The van der Waals surface area contributed by atoms with Crippen molar-refractivity contribution in [2.24, 2.45) is 0 Å². The van der Waals surface area contributed by atoms with Gasteiger partial charge < -0.3 is 14.0 Å². The maximum Gasteiger partial charge on any atom is 0.175 e. The molecule has 74 valence electrons. The van der Waals surface area contributed by atoms with E-state index in [2.05, 4.69) is 4.98 Å². The second-order valence-corrected chi connectivity index (χ2v) is 2.60. The van der Waals surface area contributed by atoms with Gasteiger partial charge in [-0.2, -0.15) is 0 Å². The van der Waals surface area contributed by atoms with Crippen molar-refractivity contribution in [2.75, 3.05) is 13.2 Å². The summed E-state index contributed by atoms with van der Waals surface area (Å²) in [4.78, 5) is 3.95. The summed E-state index contributed by atoms with van der Waals surface area (Å²) in [7, 11) is 0. The molecule has 0 aromatic carbocycles. The van der Waals surface area contributed by atoms with Crippen molar-refractivity contribution in [1.82, 2.24) is 9.55 Å². The molecule has 4 heteroatoms. The van der Waals surface area contributed by atoms with Gasteiger partial charge in [0, 0.05) is 25.6 Å². The van der Waals surface area contributed by atoms with Gasteiger partial charge in [-0.15, -0.1) is 0 Å². The van der Waals surface area contributed by atoms with Crippen LogP contribution in [0.4, 0.5) is 0 Å². The average Bonchev–Trinajstić information content (AvgIpc) is 2.58. The van der Waals surface area contributed by atoms with Crippen molar-refractivity contribution in [2.45, 2.75) is 26.7 Å². The molecule has 0 aliphatic rings. The SMILES string of the molecule is CCOC(Cn1ccnc1)OCC. The molecule has 1 aromatic heterocycles. The van der Waals surface area contributed by atoms with Crippen molar-refractivity contribution in [3.8, 4) is 0 Å². The largest absolute Gasteiger partial charge is 0.351 e. The fraction of sp³-hybridized carbons (Fsp3) is 0.667. The second-order valence-electron chi connectivity index (χ2n) is 2.60. The Balaban J connectivity index is 2.37. The Morgan fingerprint density at radius 3 is 2.46 bits per heavy atom. The van der Waals surface area contributed by atoms with E-state index < -0.39 is 0 Å². The highest BCUT2D eigenvalue weighted by atomic mass is 16.7. The highest BCUT2D eigenvalue weighted by Crippen LogP contribution is 1.99. The molecular weight excluding hydrogens is 168 g/mol. The smallest absolute Gasteiger partial charge is 0.175 e. The van der Waals surface area contributed by atoms with Crippen LogP contribution >= 0.6 is 0 Å². The zero-order valence-corrected chi connectivity index (χ0v) is 8.14. The van der Waals surface area contributed by atoms with Gasteiger partial charge in [-0.1, -0.05) is 0 Å². The molecule has 0 saturated carbocycles. The zero-order chi connectivity index (χ0) is 9.52. The molecule has 0 fully saturated rings. The van der Waals surface area contributed by atoms with Crippen molar-refractivity contribution in [3.05, 3.63) is 18.7 Å². The molecule has 1 aromatic rings. The highest BCUT2D eigenvalue weighted by molar-refractivity contribution is 4.74. The fourth-order valence-electron chi connectivity index (χ4n) is 1.09. The Morgan fingerprint density at radius 2 is 2.00 bits per heavy atom. The lowest BCUT2D eigenvalue weighted by Gasteiger charge is -2.16. The number of ether oxygens (including phenoxy) is 2. The van der Waals surface area contributed by atoms with Crippen LogP contribution in [0.3, 0.4) is 0 Å². The third-order valence-electron chi connectivity index (χ3n) is 1.62. The minimum absolute atomic E-state index is 0.163. The molecule has 0 amide bonds. The summed E-state index contributed by atoms with van der Waals surface area (Å²) >= 11 is 0. The summed E-state index contributed by atoms with van der Waals surface area (Å²) in [5, 5.41) is 0. The topological polar surface area (TPSA) is 36.3 Å². The lowest BCUT2D eigenvalue weighted by atomic mass is 10.6. The van der Waals surface area contributed by atoms with E-state index in [0.29, 0.717) is 19.8 Å². The molecule has 0 atom stereocenters. The van der Waals surface area contributed by atoms with Gasteiger partial charge in [0.2, 0.25) is 0 Å². The van der Waals surface area contributed by atoms with Gasteiger partial charge in [0.05, 0.1) is 12.9 Å². The quantitative estimate of drug-likeness (QED) is 0.625. The standard InChI is InChI=1S/C9H16N2O2/c1-3-12-9(13-4-2)7-11-6-5-10-8-11/h5-6,8-9H,3-4,7H2,1-2H3. The third kappa shape index (κ3) is 3.57. The average molecular weight is 184 g/mol. The number of nitrogens with zero attached hydrogens (tertiary/aromatic N) is 2. The predicted molar refractivity (Wildman–Crippen MR) is 49.3 cm³/mol. The Bertz CT molecular complexity index is 205. The normalized spacial score (nSPS) is 11.0. The first kappa shape index (κ1) is 10.2. The van der Waals surface area contributed by atoms with Crippen LogP contribution < -0.4 is 0 Å². The van der Waals surface area contributed by atoms with Gasteiger partial charge >= 0.3 is 0 Å². The molecule has 0 aliphatic carbocycles. The number of hydrogen-bond acceptors (Lipinski definition) is 3. The maximum atomic E-state index is 5.38. The highest BCUT2D eigenvalue weighted by Gasteiger charge is 2.07. The molecule has 0 N–H and O–H groups in total. The van der Waals surface area contributed by atoms with Crippen molar-refractivity contribution in [3.63, 3.8) is 0 Å². The Labute approximate surface area is 78.5 Å². The fourth-order valence-corrected chi connectivity index (χ4v) is 1.09. The Hall–Kier alpha value is -0.870. The van der Waals surface area contributed by atoms with Gasteiger partial charge in [0.15, 0.2) is 6.29 Å². The predicted octanol–water partition coefficient (Wildman–Crippen LogP) is 1.28. The van der Waals surface area contributed by atoms with Crippen LogP contribution in [-0.4, -0.2) is 29.1 Å². The van der Waals surface area contributed by atoms with Gasteiger partial charge in [-0.05, 0) is 13.8 Å². The van der Waals surface area contributed by atoms with E-state index in [1.165, 1.54) is 0 Å². The molecule has 0 unspecified atom stereocenters. The molecule has 1 rings (SSSR count). The van der Waals surface area contributed by atoms with Crippen molar-refractivity contribution >= 4 is 0 Å². The van der Waals surface area contributed by atoms with E-state index in [9.17, 15) is 0 Å². The maximum absolute atomic E-state index is 5.38. The molecule has 0 saturated heterocycles. The number of hydrogen-bond donors (Lipinski definition) is 0. The van der Waals surface area contributed by atoms with E-state index >= 15 is 0 Å². The van der Waals surface area contributed by atoms with Crippen molar-refractivity contribution < 1.29 is 9.47 Å². The first-order chi connectivity index (χ1) is 6.36. The molecule has 0 aliphatic heterocycles. The first-order valence-electron chi connectivity index (χ1n) is 4.55. The molecule has 4 nitrogen and oxygen atoms in total. The Kier molecular flexibility index (Phi) is 4.49.